The van der Waals surface area contributed by atoms with Crippen molar-refractivity contribution in [2.24, 2.45) is 0 Å². The lowest BCUT2D eigenvalue weighted by Crippen LogP contribution is -2.36. The summed E-state index contributed by atoms with van der Waals surface area (Å²) in [5, 5.41) is 17.3. The highest BCUT2D eigenvalue weighted by atomic mass is 16.3. The largest absolute Gasteiger partial charge is 0.386 e. The number of rotatable bonds is 7. The first-order chi connectivity index (χ1) is 17.2. The maximum Gasteiger partial charge on any atom is 0.294 e. The summed E-state index contributed by atoms with van der Waals surface area (Å²) >= 11 is 0. The average molecular weight is 487 g/mol. The van der Waals surface area contributed by atoms with Gasteiger partial charge in [0.25, 0.3) is 5.56 Å². The van der Waals surface area contributed by atoms with Gasteiger partial charge in [-0.1, -0.05) is 24.3 Å². The fraction of sp³-hybridized carbons (Fsp3) is 0.333. The Balaban J connectivity index is 1.29. The van der Waals surface area contributed by atoms with Gasteiger partial charge in [-0.05, 0) is 56.9 Å². The van der Waals surface area contributed by atoms with Crippen molar-refractivity contribution in [2.45, 2.75) is 58.3 Å². The highest BCUT2D eigenvalue weighted by Gasteiger charge is 2.30. The maximum atomic E-state index is 13.3. The van der Waals surface area contributed by atoms with E-state index < -0.39 is 11.6 Å². The molecule has 4 N–H and O–H groups in total. The number of aryl methyl sites for hydroxylation is 2. The van der Waals surface area contributed by atoms with E-state index in [0.717, 1.165) is 39.1 Å². The third-order valence-corrected chi connectivity index (χ3v) is 6.60. The Morgan fingerprint density at radius 2 is 2.03 bits per heavy atom. The Morgan fingerprint density at radius 3 is 2.83 bits per heavy atom. The van der Waals surface area contributed by atoms with E-state index in [1.807, 2.05) is 49.5 Å². The van der Waals surface area contributed by atoms with Gasteiger partial charge in [-0.2, -0.15) is 0 Å². The molecule has 5 rings (SSSR count). The Hall–Kier alpha value is -3.98. The topological polar surface area (TPSA) is 125 Å². The van der Waals surface area contributed by atoms with E-state index in [9.17, 15) is 14.7 Å². The first-order valence-electron chi connectivity index (χ1n) is 12.1. The van der Waals surface area contributed by atoms with Gasteiger partial charge in [0.2, 0.25) is 5.91 Å². The number of aromatic nitrogens is 4. The van der Waals surface area contributed by atoms with Gasteiger partial charge in [-0.25, -0.2) is 4.98 Å². The summed E-state index contributed by atoms with van der Waals surface area (Å²) < 4.78 is 1.55. The predicted molar refractivity (Wildman–Crippen MR) is 138 cm³/mol. The Morgan fingerprint density at radius 1 is 1.19 bits per heavy atom. The number of aliphatic hydroxyl groups is 1. The summed E-state index contributed by atoms with van der Waals surface area (Å²) in [7, 11) is 0. The number of hydrogen-bond acceptors (Lipinski definition) is 6. The fourth-order valence-electron chi connectivity index (χ4n) is 4.64. The molecule has 9 nitrogen and oxygen atoms in total. The Labute approximate surface area is 208 Å². The van der Waals surface area contributed by atoms with E-state index >= 15 is 0 Å². The summed E-state index contributed by atoms with van der Waals surface area (Å²) in [5.74, 6) is 0.00411. The second kappa shape index (κ2) is 9.23. The second-order valence-electron chi connectivity index (χ2n) is 9.87. The number of carbonyl (C=O) groups is 1. The molecule has 0 saturated heterocycles. The zero-order chi connectivity index (χ0) is 25.4. The number of aromatic amines is 1. The van der Waals surface area contributed by atoms with Crippen molar-refractivity contribution in [1.82, 2.24) is 24.8 Å². The lowest BCUT2D eigenvalue weighted by atomic mass is 9.96. The normalized spacial score (nSPS) is 15.2. The number of benzene rings is 1. The van der Waals surface area contributed by atoms with E-state index in [2.05, 4.69) is 25.6 Å². The zero-order valence-electron chi connectivity index (χ0n) is 20.6. The molecule has 4 heterocycles. The Bertz CT molecular complexity index is 1500. The molecule has 0 unspecified atom stereocenters. The van der Waals surface area contributed by atoms with E-state index in [0.29, 0.717) is 25.9 Å². The predicted octanol–water partition coefficient (Wildman–Crippen LogP) is 3.07. The molecule has 1 aromatic carbocycles. The van der Waals surface area contributed by atoms with Crippen LogP contribution in [0.5, 0.6) is 0 Å². The van der Waals surface area contributed by atoms with Crippen LogP contribution in [0.4, 0.5) is 5.82 Å². The monoisotopic (exact) mass is 486 g/mol. The van der Waals surface area contributed by atoms with Crippen LogP contribution in [0.15, 0.2) is 53.6 Å². The van der Waals surface area contributed by atoms with Gasteiger partial charge < -0.3 is 20.7 Å². The van der Waals surface area contributed by atoms with Crippen LogP contribution >= 0.6 is 0 Å². The number of H-pyrrole nitrogens is 1. The van der Waals surface area contributed by atoms with Crippen molar-refractivity contribution in [1.29, 1.82) is 0 Å². The average Bonchev–Trinajstić information content (AvgIpc) is 3.46. The van der Waals surface area contributed by atoms with Crippen molar-refractivity contribution in [3.8, 4) is 0 Å². The molecular formula is C27H30N6O3. The molecule has 0 fully saturated rings. The van der Waals surface area contributed by atoms with E-state index in [-0.39, 0.29) is 17.3 Å². The molecule has 1 amide bonds. The van der Waals surface area contributed by atoms with Crippen LogP contribution in [-0.4, -0.2) is 30.5 Å². The zero-order valence-corrected chi connectivity index (χ0v) is 20.6. The quantitative estimate of drug-likeness (QED) is 0.318. The lowest BCUT2D eigenvalue weighted by Gasteiger charge is -2.19. The van der Waals surface area contributed by atoms with Gasteiger partial charge in [0.1, 0.15) is 6.04 Å². The van der Waals surface area contributed by atoms with Crippen LogP contribution in [0.1, 0.15) is 54.5 Å². The van der Waals surface area contributed by atoms with Crippen molar-refractivity contribution in [3.63, 3.8) is 0 Å². The van der Waals surface area contributed by atoms with Crippen molar-refractivity contribution < 1.29 is 9.90 Å². The van der Waals surface area contributed by atoms with Crippen LogP contribution in [0, 0.1) is 6.92 Å². The van der Waals surface area contributed by atoms with E-state index in [4.69, 9.17) is 0 Å². The molecule has 36 heavy (non-hydrogen) atoms. The molecule has 1 aliphatic rings. The summed E-state index contributed by atoms with van der Waals surface area (Å²) in [6.07, 6.45) is 4.64. The molecule has 0 saturated carbocycles. The molecule has 186 valence electrons. The minimum atomic E-state index is -0.954. The molecule has 0 bridgehead atoms. The molecule has 0 spiro atoms. The lowest BCUT2D eigenvalue weighted by molar-refractivity contribution is -0.124. The van der Waals surface area contributed by atoms with Crippen molar-refractivity contribution in [3.05, 3.63) is 87.4 Å². The SMILES string of the molecule is Cc1cc2[nH]c(CNC(=O)[C@@H]3CCc4cnc(NCc5cccc(C(C)(C)O)c5)c(=O)n43)cc2cn1. The summed E-state index contributed by atoms with van der Waals surface area (Å²) in [6, 6.07) is 10.9. The second-order valence-corrected chi connectivity index (χ2v) is 9.87. The molecule has 9 heteroatoms. The van der Waals surface area contributed by atoms with E-state index in [1.165, 1.54) is 0 Å². The first kappa shape index (κ1) is 23.7. The highest BCUT2D eigenvalue weighted by molar-refractivity contribution is 5.82. The van der Waals surface area contributed by atoms with Crippen LogP contribution in [0.2, 0.25) is 0 Å². The van der Waals surface area contributed by atoms with E-state index in [1.54, 1.807) is 24.6 Å². The smallest absolute Gasteiger partial charge is 0.294 e. The van der Waals surface area contributed by atoms with Crippen molar-refractivity contribution in [2.75, 3.05) is 5.32 Å². The molecule has 0 aliphatic carbocycles. The molecule has 1 atom stereocenters. The highest BCUT2D eigenvalue weighted by Crippen LogP contribution is 2.25. The minimum absolute atomic E-state index is 0.196. The summed E-state index contributed by atoms with van der Waals surface area (Å²) in [4.78, 5) is 38.2. The van der Waals surface area contributed by atoms with Gasteiger partial charge in [0.05, 0.1) is 12.1 Å². The standard InChI is InChI=1S/C27H30N6O3/c1-16-9-22-18(13-28-16)11-20(32-22)14-31-25(34)23-8-7-21-15-30-24(26(35)33(21)23)29-12-17-5-4-6-19(10-17)27(2,3)36/h4-6,9-11,13,15,23,32,36H,7-8,12,14H2,1-3H3,(H,29,30)(H,31,34)/t23-/m0/s1. The number of pyridine rings is 1. The number of nitrogens with one attached hydrogen (secondary N) is 3. The van der Waals surface area contributed by atoms with Gasteiger partial charge in [-0.3, -0.25) is 19.1 Å². The van der Waals surface area contributed by atoms with Gasteiger partial charge in [0.15, 0.2) is 5.82 Å². The number of nitrogens with zero attached hydrogens (tertiary/aromatic N) is 3. The summed E-state index contributed by atoms with van der Waals surface area (Å²) in [5.41, 5.74) is 3.97. The number of carbonyl (C=O) groups excluding carboxylic acids is 1. The number of hydrogen-bond donors (Lipinski definition) is 4. The third kappa shape index (κ3) is 4.74. The van der Waals surface area contributed by atoms with Crippen molar-refractivity contribution >= 4 is 22.6 Å². The molecule has 3 aromatic heterocycles. The molecule has 4 aromatic rings. The molecule has 1 aliphatic heterocycles. The fourth-order valence-corrected chi connectivity index (χ4v) is 4.64. The van der Waals surface area contributed by atoms with Crippen LogP contribution in [0.3, 0.4) is 0 Å². The van der Waals surface area contributed by atoms with Gasteiger partial charge >= 0.3 is 0 Å². The van der Waals surface area contributed by atoms with Gasteiger partial charge in [-0.15, -0.1) is 0 Å². The maximum absolute atomic E-state index is 13.3. The van der Waals surface area contributed by atoms with Crippen LogP contribution in [0.25, 0.3) is 10.9 Å². The number of amides is 1. The molecule has 0 radical (unpaired) electrons. The van der Waals surface area contributed by atoms with Crippen LogP contribution in [-0.2, 0) is 29.9 Å². The number of fused-ring (bicyclic) bond motifs is 2. The van der Waals surface area contributed by atoms with Gasteiger partial charge in [0, 0.05) is 46.9 Å². The minimum Gasteiger partial charge on any atom is -0.386 e. The first-order valence-corrected chi connectivity index (χ1v) is 12.1. The molecular weight excluding hydrogens is 456 g/mol. The summed E-state index contributed by atoms with van der Waals surface area (Å²) in [6.45, 7) is 6.10. The van der Waals surface area contributed by atoms with Crippen LogP contribution < -0.4 is 16.2 Å². The third-order valence-electron chi connectivity index (χ3n) is 6.60. The Kier molecular flexibility index (Phi) is 6.09. The number of anilines is 1.